The largest absolute Gasteiger partial charge is 0.469 e. The first-order valence-corrected chi connectivity index (χ1v) is 11.6. The van der Waals surface area contributed by atoms with Gasteiger partial charge in [-0.05, 0) is 24.8 Å². The molecule has 1 atom stereocenters. The zero-order chi connectivity index (χ0) is 23.5. The predicted molar refractivity (Wildman–Crippen MR) is 125 cm³/mol. The van der Waals surface area contributed by atoms with Crippen LogP contribution in [0.3, 0.4) is 0 Å². The second-order valence-electron chi connectivity index (χ2n) is 7.79. The first kappa shape index (κ1) is 29.3. The van der Waals surface area contributed by atoms with Crippen molar-refractivity contribution in [1.82, 2.24) is 4.90 Å². The highest BCUT2D eigenvalue weighted by Gasteiger charge is 2.15. The summed E-state index contributed by atoms with van der Waals surface area (Å²) in [6, 6.07) is 0. The van der Waals surface area contributed by atoms with Gasteiger partial charge in [-0.25, -0.2) is 0 Å². The van der Waals surface area contributed by atoms with Crippen LogP contribution < -0.4 is 0 Å². The molecule has 7 heteroatoms. The summed E-state index contributed by atoms with van der Waals surface area (Å²) in [7, 11) is 4.66. The van der Waals surface area contributed by atoms with Crippen LogP contribution in [0.15, 0.2) is 23.3 Å². The highest BCUT2D eigenvalue weighted by Crippen LogP contribution is 2.13. The van der Waals surface area contributed by atoms with Gasteiger partial charge < -0.3 is 14.4 Å². The van der Waals surface area contributed by atoms with Crippen LogP contribution in [0, 0.1) is 0 Å². The van der Waals surface area contributed by atoms with Gasteiger partial charge in [0, 0.05) is 39.1 Å². The Morgan fingerprint density at radius 2 is 1.74 bits per heavy atom. The van der Waals surface area contributed by atoms with E-state index in [1.807, 2.05) is 6.08 Å². The Morgan fingerprint density at radius 1 is 1.03 bits per heavy atom. The van der Waals surface area contributed by atoms with Crippen molar-refractivity contribution in [1.29, 1.82) is 0 Å². The number of ether oxygens (including phenoxy) is 2. The van der Waals surface area contributed by atoms with Crippen LogP contribution in [0.2, 0.25) is 0 Å². The smallest absolute Gasteiger partial charge is 0.313 e. The first-order chi connectivity index (χ1) is 14.9. The molecule has 31 heavy (non-hydrogen) atoms. The highest BCUT2D eigenvalue weighted by molar-refractivity contribution is 6.26. The van der Waals surface area contributed by atoms with Gasteiger partial charge in [0.2, 0.25) is 5.91 Å². The predicted octanol–water partition coefficient (Wildman–Crippen LogP) is 5.19. The molecule has 0 N–H and O–H groups in total. The van der Waals surface area contributed by atoms with Crippen LogP contribution in [0.25, 0.3) is 0 Å². The zero-order valence-corrected chi connectivity index (χ0v) is 20.4. The quantitative estimate of drug-likeness (QED) is 0.122. The molecule has 0 fully saturated rings. The third-order valence-corrected chi connectivity index (χ3v) is 5.38. The van der Waals surface area contributed by atoms with Gasteiger partial charge in [0.15, 0.2) is 0 Å². The number of halogens is 1. The van der Waals surface area contributed by atoms with Gasteiger partial charge in [-0.2, -0.15) is 0 Å². The molecule has 0 aliphatic heterocycles. The van der Waals surface area contributed by atoms with E-state index in [0.717, 1.165) is 12.8 Å². The van der Waals surface area contributed by atoms with E-state index < -0.39 is 5.97 Å². The van der Waals surface area contributed by atoms with Crippen molar-refractivity contribution in [2.75, 3.05) is 27.8 Å². The third kappa shape index (κ3) is 15.7. The van der Waals surface area contributed by atoms with Gasteiger partial charge in [-0.3, -0.25) is 14.4 Å². The Morgan fingerprint density at radius 3 is 2.35 bits per heavy atom. The molecule has 1 amide bonds. The lowest BCUT2D eigenvalue weighted by atomic mass is 10.1. The summed E-state index contributed by atoms with van der Waals surface area (Å²) < 4.78 is 10.0. The van der Waals surface area contributed by atoms with Gasteiger partial charge in [0.25, 0.3) is 0 Å². The summed E-state index contributed by atoms with van der Waals surface area (Å²) in [5, 5.41) is 0. The van der Waals surface area contributed by atoms with Gasteiger partial charge >= 0.3 is 5.97 Å². The Kier molecular flexibility index (Phi) is 18.0. The summed E-state index contributed by atoms with van der Waals surface area (Å²) in [6.07, 6.45) is 13.3. The SMILES string of the molecule is CCCCCCC[C@@H](C/C=C\CCC(=O)N(C)C/C(=C\Cl)CC(=O)CC(=O)OC)OC. The fourth-order valence-corrected chi connectivity index (χ4v) is 3.29. The minimum Gasteiger partial charge on any atom is -0.469 e. The van der Waals surface area contributed by atoms with Crippen molar-refractivity contribution in [3.63, 3.8) is 0 Å². The number of carbonyl (C=O) groups excluding carboxylic acids is 3. The molecule has 0 saturated carbocycles. The number of carbonyl (C=O) groups is 3. The number of nitrogens with zero attached hydrogens (tertiary/aromatic N) is 1. The second kappa shape index (κ2) is 19.1. The molecule has 0 bridgehead atoms. The molecular weight excluding hydrogens is 418 g/mol. The Balaban J connectivity index is 4.20. The van der Waals surface area contributed by atoms with Gasteiger partial charge in [-0.15, -0.1) is 0 Å². The molecule has 0 aliphatic carbocycles. The molecule has 0 rings (SSSR count). The normalized spacial score (nSPS) is 12.7. The molecule has 0 radical (unpaired) electrons. The number of unbranched alkanes of at least 4 members (excludes halogenated alkanes) is 4. The van der Waals surface area contributed by atoms with Crippen LogP contribution in [-0.4, -0.2) is 56.5 Å². The van der Waals surface area contributed by atoms with Crippen molar-refractivity contribution < 1.29 is 23.9 Å². The van der Waals surface area contributed by atoms with Crippen molar-refractivity contribution in [2.45, 2.75) is 83.7 Å². The van der Waals surface area contributed by atoms with Crippen molar-refractivity contribution in [3.8, 4) is 0 Å². The lowest BCUT2D eigenvalue weighted by Gasteiger charge is -2.18. The Hall–Kier alpha value is -1.66. The van der Waals surface area contributed by atoms with Crippen LogP contribution in [-0.2, 0) is 23.9 Å². The minimum atomic E-state index is -0.581. The average Bonchev–Trinajstić information content (AvgIpc) is 2.76. The topological polar surface area (TPSA) is 72.9 Å². The van der Waals surface area contributed by atoms with Crippen LogP contribution in [0.1, 0.15) is 77.6 Å². The van der Waals surface area contributed by atoms with E-state index in [4.69, 9.17) is 16.3 Å². The van der Waals surface area contributed by atoms with E-state index in [9.17, 15) is 14.4 Å². The van der Waals surface area contributed by atoms with Crippen molar-refractivity contribution >= 4 is 29.3 Å². The van der Waals surface area contributed by atoms with E-state index in [1.165, 1.54) is 44.7 Å². The lowest BCUT2D eigenvalue weighted by molar-refractivity contribution is -0.143. The number of allylic oxidation sites excluding steroid dienone is 1. The molecule has 0 aliphatic rings. The highest BCUT2D eigenvalue weighted by atomic mass is 35.5. The summed E-state index contributed by atoms with van der Waals surface area (Å²) in [6.45, 7) is 2.47. The number of hydrogen-bond acceptors (Lipinski definition) is 5. The van der Waals surface area contributed by atoms with Crippen LogP contribution in [0.5, 0.6) is 0 Å². The number of esters is 1. The lowest BCUT2D eigenvalue weighted by Crippen LogP contribution is -2.29. The van der Waals surface area contributed by atoms with E-state index in [-0.39, 0.29) is 37.2 Å². The minimum absolute atomic E-state index is 0.0208. The Bertz CT molecular complexity index is 589. The number of likely N-dealkylation sites (N-methyl/N-ethyl adjacent to an activating group) is 1. The fourth-order valence-electron chi connectivity index (χ4n) is 3.14. The van der Waals surface area contributed by atoms with Gasteiger partial charge in [0.05, 0.1) is 13.2 Å². The van der Waals surface area contributed by atoms with Gasteiger partial charge in [-0.1, -0.05) is 62.8 Å². The number of ketones is 1. The molecule has 6 nitrogen and oxygen atoms in total. The summed E-state index contributed by atoms with van der Waals surface area (Å²) in [5.74, 6) is -0.900. The summed E-state index contributed by atoms with van der Waals surface area (Å²) in [5.41, 5.74) is 1.88. The summed E-state index contributed by atoms with van der Waals surface area (Å²) in [4.78, 5) is 36.9. The number of methoxy groups -OCH3 is 2. The fraction of sp³-hybridized carbons (Fsp3) is 0.708. The maximum Gasteiger partial charge on any atom is 0.313 e. The van der Waals surface area contributed by atoms with Crippen LogP contribution >= 0.6 is 11.6 Å². The average molecular weight is 458 g/mol. The number of hydrogen-bond donors (Lipinski definition) is 0. The maximum absolute atomic E-state index is 12.3. The van der Waals surface area contributed by atoms with Crippen molar-refractivity contribution in [3.05, 3.63) is 23.3 Å². The van der Waals surface area contributed by atoms with Crippen molar-refractivity contribution in [2.24, 2.45) is 0 Å². The molecule has 0 aromatic heterocycles. The molecular formula is C24H40ClNO5. The maximum atomic E-state index is 12.3. The van der Waals surface area contributed by atoms with E-state index in [1.54, 1.807) is 19.1 Å². The number of amides is 1. The molecule has 0 aromatic rings. The molecule has 0 saturated heterocycles. The Labute approximate surface area is 193 Å². The zero-order valence-electron chi connectivity index (χ0n) is 19.7. The molecule has 0 heterocycles. The molecule has 0 aromatic carbocycles. The number of Topliss-reactive ketones (excluding diaryl/α,β-unsaturated/α-hetero) is 1. The molecule has 178 valence electrons. The number of rotatable bonds is 18. The molecule has 0 spiro atoms. The first-order valence-electron chi connectivity index (χ1n) is 11.2. The second-order valence-corrected chi connectivity index (χ2v) is 8.01. The van der Waals surface area contributed by atoms with E-state index >= 15 is 0 Å². The van der Waals surface area contributed by atoms with E-state index in [0.29, 0.717) is 18.4 Å². The standard InChI is InChI=1S/C24H40ClNO5/c1-5-6-7-8-10-13-22(30-3)14-11-9-12-15-23(28)26(2)19-20(18-25)16-21(27)17-24(29)31-4/h9,11,18,22H,5-8,10,12-17,19H2,1-4H3/b11-9-,20-18-/t22-/m0/s1. The summed E-state index contributed by atoms with van der Waals surface area (Å²) >= 11 is 5.79. The monoisotopic (exact) mass is 457 g/mol. The third-order valence-electron chi connectivity index (χ3n) is 5.07. The van der Waals surface area contributed by atoms with E-state index in [2.05, 4.69) is 17.7 Å². The van der Waals surface area contributed by atoms with Crippen LogP contribution in [0.4, 0.5) is 0 Å². The molecule has 0 unspecified atom stereocenters. The van der Waals surface area contributed by atoms with Gasteiger partial charge in [0.1, 0.15) is 12.2 Å².